The van der Waals surface area contributed by atoms with E-state index < -0.39 is 0 Å². The molecule has 0 atom stereocenters. The van der Waals surface area contributed by atoms with Gasteiger partial charge in [0, 0.05) is 31.1 Å². The Morgan fingerprint density at radius 1 is 1.13 bits per heavy atom. The minimum Gasteiger partial charge on any atom is -0.486 e. The van der Waals surface area contributed by atoms with Crippen molar-refractivity contribution in [3.8, 4) is 11.5 Å². The highest BCUT2D eigenvalue weighted by Crippen LogP contribution is 2.38. The van der Waals surface area contributed by atoms with Gasteiger partial charge in [-0.1, -0.05) is 11.3 Å². The van der Waals surface area contributed by atoms with Crippen molar-refractivity contribution in [3.63, 3.8) is 0 Å². The summed E-state index contributed by atoms with van der Waals surface area (Å²) < 4.78 is 13.6. The Balaban J connectivity index is 1.12. The van der Waals surface area contributed by atoms with Gasteiger partial charge >= 0.3 is 0 Å². The zero-order valence-electron chi connectivity index (χ0n) is 16.4. The van der Waals surface area contributed by atoms with Crippen LogP contribution in [0.5, 0.6) is 11.5 Å². The number of benzene rings is 1. The van der Waals surface area contributed by atoms with Crippen molar-refractivity contribution < 1.29 is 14.3 Å². The Labute approximate surface area is 180 Å². The predicted octanol–water partition coefficient (Wildman–Crippen LogP) is 1.76. The van der Waals surface area contributed by atoms with E-state index >= 15 is 0 Å². The van der Waals surface area contributed by atoms with Gasteiger partial charge in [0.05, 0.1) is 10.2 Å². The van der Waals surface area contributed by atoms with Crippen LogP contribution in [0.4, 0.5) is 10.9 Å². The zero-order valence-corrected chi connectivity index (χ0v) is 17.2. The summed E-state index contributed by atoms with van der Waals surface area (Å²) in [5.41, 5.74) is 1.40. The first-order valence-electron chi connectivity index (χ1n) is 10.0. The molecule has 1 N–H and O–H groups in total. The van der Waals surface area contributed by atoms with Crippen LogP contribution in [0.1, 0.15) is 12.8 Å². The first kappa shape index (κ1) is 18.2. The summed E-state index contributed by atoms with van der Waals surface area (Å²) in [4.78, 5) is 19.5. The Kier molecular flexibility index (Phi) is 4.30. The van der Waals surface area contributed by atoms with Crippen LogP contribution in [0.25, 0.3) is 15.9 Å². The summed E-state index contributed by atoms with van der Waals surface area (Å²) in [6.07, 6.45) is 1.48. The molecule has 1 fully saturated rings. The number of anilines is 2. The number of tetrazole rings is 1. The normalized spacial score (nSPS) is 16.7. The SMILES string of the molecule is O=C(Nc1nc2cc3c(cc2s1)OCCO3)C1CCN(c2ccc3nnnn3n2)CC1. The fraction of sp³-hybridized carbons (Fsp3) is 0.368. The fourth-order valence-electron chi connectivity index (χ4n) is 3.91. The minimum atomic E-state index is -0.0695. The lowest BCUT2D eigenvalue weighted by Crippen LogP contribution is -2.38. The van der Waals surface area contributed by atoms with Crippen LogP contribution in [0.15, 0.2) is 24.3 Å². The van der Waals surface area contributed by atoms with E-state index in [-0.39, 0.29) is 11.8 Å². The smallest absolute Gasteiger partial charge is 0.229 e. The molecule has 1 saturated heterocycles. The van der Waals surface area contributed by atoms with Crippen molar-refractivity contribution in [1.82, 2.24) is 30.2 Å². The summed E-state index contributed by atoms with van der Waals surface area (Å²) >= 11 is 1.44. The number of nitrogens with one attached hydrogen (secondary N) is 1. The summed E-state index contributed by atoms with van der Waals surface area (Å²) in [6, 6.07) is 7.52. The standard InChI is InChI=1S/C19H18N8O3S/c28-18(21-19-20-12-9-13-14(10-15(12)31-19)30-8-7-29-13)11-3-5-26(6-4-11)17-2-1-16-22-24-25-27(16)23-17/h1-2,9-11H,3-8H2,(H,20,21,28). The molecule has 158 valence electrons. The molecule has 12 heteroatoms. The van der Waals surface area contributed by atoms with Gasteiger partial charge in [-0.25, -0.2) is 4.98 Å². The number of amides is 1. The first-order chi connectivity index (χ1) is 15.2. The van der Waals surface area contributed by atoms with E-state index in [1.165, 1.54) is 16.0 Å². The number of hydrogen-bond donors (Lipinski definition) is 1. The largest absolute Gasteiger partial charge is 0.486 e. The molecule has 0 aliphatic carbocycles. The molecule has 0 radical (unpaired) electrons. The number of aromatic nitrogens is 6. The molecule has 0 unspecified atom stereocenters. The van der Waals surface area contributed by atoms with Crippen molar-refractivity contribution in [3.05, 3.63) is 24.3 Å². The van der Waals surface area contributed by atoms with Crippen molar-refractivity contribution in [2.45, 2.75) is 12.8 Å². The van der Waals surface area contributed by atoms with Gasteiger partial charge in [-0.3, -0.25) is 4.79 Å². The topological polar surface area (TPSA) is 120 Å². The van der Waals surface area contributed by atoms with Crippen LogP contribution < -0.4 is 19.7 Å². The van der Waals surface area contributed by atoms with Gasteiger partial charge in [0.2, 0.25) is 5.91 Å². The molecule has 0 bridgehead atoms. The highest BCUT2D eigenvalue weighted by molar-refractivity contribution is 7.22. The minimum absolute atomic E-state index is 0.000132. The lowest BCUT2D eigenvalue weighted by Gasteiger charge is -2.31. The molecule has 31 heavy (non-hydrogen) atoms. The molecule has 6 rings (SSSR count). The van der Waals surface area contributed by atoms with Gasteiger partial charge in [0.1, 0.15) is 13.2 Å². The lowest BCUT2D eigenvalue weighted by molar-refractivity contribution is -0.120. The molecular weight excluding hydrogens is 420 g/mol. The lowest BCUT2D eigenvalue weighted by atomic mass is 9.96. The molecule has 2 aliphatic heterocycles. The highest BCUT2D eigenvalue weighted by Gasteiger charge is 2.27. The van der Waals surface area contributed by atoms with Gasteiger partial charge in [0.25, 0.3) is 0 Å². The number of nitrogens with zero attached hydrogens (tertiary/aromatic N) is 7. The Morgan fingerprint density at radius 3 is 2.77 bits per heavy atom. The van der Waals surface area contributed by atoms with Gasteiger partial charge in [-0.15, -0.1) is 14.8 Å². The van der Waals surface area contributed by atoms with Crippen molar-refractivity contribution >= 4 is 44.1 Å². The third-order valence-electron chi connectivity index (χ3n) is 5.53. The van der Waals surface area contributed by atoms with Crippen molar-refractivity contribution in [2.75, 3.05) is 36.5 Å². The quantitative estimate of drug-likeness (QED) is 0.510. The number of thiazole rings is 1. The number of ether oxygens (including phenoxy) is 2. The van der Waals surface area contributed by atoms with E-state index in [1.807, 2.05) is 24.3 Å². The summed E-state index contributed by atoms with van der Waals surface area (Å²) in [6.45, 7) is 2.54. The molecule has 3 aromatic heterocycles. The van der Waals surface area contributed by atoms with E-state index in [0.717, 1.165) is 47.7 Å². The maximum absolute atomic E-state index is 12.8. The number of hydrogen-bond acceptors (Lipinski definition) is 10. The molecule has 1 aromatic carbocycles. The fourth-order valence-corrected chi connectivity index (χ4v) is 4.78. The molecule has 4 aromatic rings. The maximum Gasteiger partial charge on any atom is 0.229 e. The van der Waals surface area contributed by atoms with E-state index in [2.05, 4.69) is 35.8 Å². The number of piperidine rings is 1. The Bertz CT molecular complexity index is 1240. The van der Waals surface area contributed by atoms with Crippen molar-refractivity contribution in [2.24, 2.45) is 5.92 Å². The van der Waals surface area contributed by atoms with E-state index in [1.54, 1.807) is 0 Å². The number of rotatable bonds is 3. The van der Waals surface area contributed by atoms with Gasteiger partial charge in [-0.05, 0) is 35.4 Å². The third kappa shape index (κ3) is 3.38. The van der Waals surface area contributed by atoms with Gasteiger partial charge in [-0.2, -0.15) is 0 Å². The third-order valence-corrected chi connectivity index (χ3v) is 6.46. The molecule has 0 saturated carbocycles. The van der Waals surface area contributed by atoms with E-state index in [0.29, 0.717) is 29.7 Å². The molecule has 11 nitrogen and oxygen atoms in total. The molecule has 5 heterocycles. The van der Waals surface area contributed by atoms with Gasteiger partial charge < -0.3 is 19.7 Å². The zero-order chi connectivity index (χ0) is 20.8. The van der Waals surface area contributed by atoms with Crippen LogP contribution >= 0.6 is 11.3 Å². The average Bonchev–Trinajstić information content (AvgIpc) is 3.42. The Hall–Kier alpha value is -3.54. The average molecular weight is 438 g/mol. The monoisotopic (exact) mass is 438 g/mol. The number of fused-ring (bicyclic) bond motifs is 3. The van der Waals surface area contributed by atoms with Crippen molar-refractivity contribution in [1.29, 1.82) is 0 Å². The second-order valence-electron chi connectivity index (χ2n) is 7.45. The summed E-state index contributed by atoms with van der Waals surface area (Å²) in [5, 5.41) is 19.3. The van der Waals surface area contributed by atoms with Crippen LogP contribution in [0.3, 0.4) is 0 Å². The molecule has 1 amide bonds. The second-order valence-corrected chi connectivity index (χ2v) is 8.48. The highest BCUT2D eigenvalue weighted by atomic mass is 32.1. The van der Waals surface area contributed by atoms with Crippen LogP contribution in [-0.4, -0.2) is 62.4 Å². The predicted molar refractivity (Wildman–Crippen MR) is 113 cm³/mol. The number of carbonyl (C=O) groups excluding carboxylic acids is 1. The molecule has 2 aliphatic rings. The number of carbonyl (C=O) groups is 1. The maximum atomic E-state index is 12.8. The summed E-state index contributed by atoms with van der Waals surface area (Å²) in [5.74, 6) is 2.15. The van der Waals surface area contributed by atoms with E-state index in [4.69, 9.17) is 9.47 Å². The second kappa shape index (κ2) is 7.30. The van der Waals surface area contributed by atoms with Crippen LogP contribution in [0, 0.1) is 5.92 Å². The van der Waals surface area contributed by atoms with Crippen LogP contribution in [-0.2, 0) is 4.79 Å². The van der Waals surface area contributed by atoms with Gasteiger partial charge in [0.15, 0.2) is 28.1 Å². The first-order valence-corrected chi connectivity index (χ1v) is 10.9. The summed E-state index contributed by atoms with van der Waals surface area (Å²) in [7, 11) is 0. The molecule has 0 spiro atoms. The van der Waals surface area contributed by atoms with Crippen LogP contribution in [0.2, 0.25) is 0 Å². The van der Waals surface area contributed by atoms with E-state index in [9.17, 15) is 4.79 Å². The Morgan fingerprint density at radius 2 is 1.94 bits per heavy atom. The molecular formula is C19H18N8O3S.